The monoisotopic (exact) mass is 322 g/mol. The SMILES string of the molecule is Cc1ccc2[nH]c3c(c2c1)CCC(NC(=O)c1ccc(F)cc1)C3. The summed E-state index contributed by atoms with van der Waals surface area (Å²) in [5.41, 5.74) is 5.51. The lowest BCUT2D eigenvalue weighted by Crippen LogP contribution is -2.38. The number of rotatable bonds is 2. The average Bonchev–Trinajstić information content (AvgIpc) is 2.92. The lowest BCUT2D eigenvalue weighted by molar-refractivity contribution is 0.0933. The summed E-state index contributed by atoms with van der Waals surface area (Å²) in [6.07, 6.45) is 2.67. The number of halogens is 1. The van der Waals surface area contributed by atoms with Crippen LogP contribution >= 0.6 is 0 Å². The maximum atomic E-state index is 13.0. The van der Waals surface area contributed by atoms with Crippen LogP contribution in [0, 0.1) is 12.7 Å². The molecule has 0 saturated carbocycles. The average molecular weight is 322 g/mol. The highest BCUT2D eigenvalue weighted by Gasteiger charge is 2.24. The van der Waals surface area contributed by atoms with Crippen molar-refractivity contribution in [2.75, 3.05) is 0 Å². The predicted octanol–water partition coefficient (Wildman–Crippen LogP) is 3.90. The van der Waals surface area contributed by atoms with Crippen molar-refractivity contribution in [1.29, 1.82) is 0 Å². The van der Waals surface area contributed by atoms with Crippen LogP contribution in [0.25, 0.3) is 10.9 Å². The first-order valence-electron chi connectivity index (χ1n) is 8.26. The molecule has 0 saturated heterocycles. The minimum Gasteiger partial charge on any atom is -0.358 e. The highest BCUT2D eigenvalue weighted by atomic mass is 19.1. The number of aryl methyl sites for hydroxylation is 2. The van der Waals surface area contributed by atoms with E-state index < -0.39 is 0 Å². The van der Waals surface area contributed by atoms with Crippen molar-refractivity contribution in [3.63, 3.8) is 0 Å². The largest absolute Gasteiger partial charge is 0.358 e. The number of aromatic nitrogens is 1. The van der Waals surface area contributed by atoms with Gasteiger partial charge in [0, 0.05) is 34.6 Å². The smallest absolute Gasteiger partial charge is 0.251 e. The minimum atomic E-state index is -0.331. The normalized spacial score (nSPS) is 16.8. The molecule has 0 spiro atoms. The van der Waals surface area contributed by atoms with Crippen LogP contribution in [0.15, 0.2) is 42.5 Å². The third-order valence-corrected chi connectivity index (χ3v) is 4.78. The maximum absolute atomic E-state index is 13.0. The lowest BCUT2D eigenvalue weighted by Gasteiger charge is -2.23. The molecule has 0 radical (unpaired) electrons. The van der Waals surface area contributed by atoms with Crippen LogP contribution in [0.1, 0.15) is 33.6 Å². The van der Waals surface area contributed by atoms with Crippen molar-refractivity contribution >= 4 is 16.8 Å². The first-order chi connectivity index (χ1) is 11.6. The van der Waals surface area contributed by atoms with E-state index in [1.807, 2.05) is 0 Å². The molecule has 0 aliphatic heterocycles. The Bertz CT molecular complexity index is 911. The quantitative estimate of drug-likeness (QED) is 0.738. The van der Waals surface area contributed by atoms with E-state index in [0.717, 1.165) is 24.8 Å². The molecule has 24 heavy (non-hydrogen) atoms. The molecule has 1 atom stereocenters. The van der Waals surface area contributed by atoms with E-state index in [-0.39, 0.29) is 17.8 Å². The Labute approximate surface area is 139 Å². The van der Waals surface area contributed by atoms with Gasteiger partial charge in [-0.25, -0.2) is 4.39 Å². The Morgan fingerprint density at radius 2 is 2.00 bits per heavy atom. The van der Waals surface area contributed by atoms with Gasteiger partial charge in [0.1, 0.15) is 5.82 Å². The summed E-state index contributed by atoms with van der Waals surface area (Å²) in [6.45, 7) is 2.10. The van der Waals surface area contributed by atoms with E-state index >= 15 is 0 Å². The van der Waals surface area contributed by atoms with Crippen molar-refractivity contribution < 1.29 is 9.18 Å². The Balaban J connectivity index is 1.53. The zero-order valence-corrected chi connectivity index (χ0v) is 13.5. The predicted molar refractivity (Wildman–Crippen MR) is 92.7 cm³/mol. The third-order valence-electron chi connectivity index (χ3n) is 4.78. The van der Waals surface area contributed by atoms with Gasteiger partial charge >= 0.3 is 0 Å². The van der Waals surface area contributed by atoms with E-state index in [2.05, 4.69) is 35.4 Å². The number of carbonyl (C=O) groups excluding carboxylic acids is 1. The van der Waals surface area contributed by atoms with Crippen molar-refractivity contribution in [2.24, 2.45) is 0 Å². The molecule has 122 valence electrons. The second-order valence-electron chi connectivity index (χ2n) is 6.55. The molecular formula is C20H19FN2O. The summed E-state index contributed by atoms with van der Waals surface area (Å²) in [5, 5.41) is 4.37. The van der Waals surface area contributed by atoms with Gasteiger partial charge in [-0.05, 0) is 61.7 Å². The summed E-state index contributed by atoms with van der Waals surface area (Å²) in [6, 6.07) is 12.2. The van der Waals surface area contributed by atoms with E-state index in [9.17, 15) is 9.18 Å². The van der Waals surface area contributed by atoms with Crippen LogP contribution in [-0.4, -0.2) is 16.9 Å². The standard InChI is InChI=1S/C20H19FN2O/c1-12-2-9-18-17(10-12)16-8-7-15(11-19(16)23-18)22-20(24)13-3-5-14(21)6-4-13/h2-6,9-10,15,23H,7-8,11H2,1H3,(H,22,24). The topological polar surface area (TPSA) is 44.9 Å². The van der Waals surface area contributed by atoms with Crippen LogP contribution in [0.5, 0.6) is 0 Å². The van der Waals surface area contributed by atoms with Gasteiger partial charge in [-0.15, -0.1) is 0 Å². The summed E-state index contributed by atoms with van der Waals surface area (Å²) < 4.78 is 13.0. The Morgan fingerprint density at radius 1 is 1.21 bits per heavy atom. The molecule has 2 aromatic carbocycles. The third kappa shape index (κ3) is 2.68. The molecule has 1 amide bonds. The number of hydrogen-bond acceptors (Lipinski definition) is 1. The highest BCUT2D eigenvalue weighted by molar-refractivity contribution is 5.94. The fourth-order valence-electron chi connectivity index (χ4n) is 3.54. The van der Waals surface area contributed by atoms with E-state index in [4.69, 9.17) is 0 Å². The number of H-pyrrole nitrogens is 1. The van der Waals surface area contributed by atoms with Gasteiger partial charge in [-0.2, -0.15) is 0 Å². The molecule has 4 heteroatoms. The minimum absolute atomic E-state index is 0.101. The van der Waals surface area contributed by atoms with Gasteiger partial charge < -0.3 is 10.3 Å². The van der Waals surface area contributed by atoms with E-state index in [1.165, 1.54) is 46.5 Å². The van der Waals surface area contributed by atoms with Crippen LogP contribution < -0.4 is 5.32 Å². The summed E-state index contributed by atoms with van der Waals surface area (Å²) in [4.78, 5) is 15.8. The van der Waals surface area contributed by atoms with Gasteiger partial charge in [0.15, 0.2) is 0 Å². The molecule has 1 unspecified atom stereocenters. The molecule has 3 aromatic rings. The number of nitrogens with one attached hydrogen (secondary N) is 2. The van der Waals surface area contributed by atoms with E-state index in [1.54, 1.807) is 0 Å². The number of fused-ring (bicyclic) bond motifs is 3. The molecule has 0 bridgehead atoms. The zero-order chi connectivity index (χ0) is 16.7. The number of hydrogen-bond donors (Lipinski definition) is 2. The Hall–Kier alpha value is -2.62. The van der Waals surface area contributed by atoms with Crippen LogP contribution in [-0.2, 0) is 12.8 Å². The number of aromatic amines is 1. The molecule has 1 aliphatic rings. The second-order valence-corrected chi connectivity index (χ2v) is 6.55. The van der Waals surface area contributed by atoms with Gasteiger partial charge in [0.05, 0.1) is 0 Å². The van der Waals surface area contributed by atoms with Gasteiger partial charge in [-0.3, -0.25) is 4.79 Å². The summed E-state index contributed by atoms with van der Waals surface area (Å²) in [7, 11) is 0. The fraction of sp³-hybridized carbons (Fsp3) is 0.250. The molecule has 1 aromatic heterocycles. The molecule has 1 heterocycles. The van der Waals surface area contributed by atoms with Crippen molar-refractivity contribution in [2.45, 2.75) is 32.2 Å². The Kier molecular flexibility index (Phi) is 3.60. The van der Waals surface area contributed by atoms with E-state index in [0.29, 0.717) is 5.56 Å². The van der Waals surface area contributed by atoms with Gasteiger partial charge in [0.25, 0.3) is 5.91 Å². The van der Waals surface area contributed by atoms with Gasteiger partial charge in [-0.1, -0.05) is 11.6 Å². The molecule has 1 aliphatic carbocycles. The lowest BCUT2D eigenvalue weighted by atomic mass is 9.91. The highest BCUT2D eigenvalue weighted by Crippen LogP contribution is 2.30. The number of amides is 1. The van der Waals surface area contributed by atoms with Crippen molar-refractivity contribution in [3.8, 4) is 0 Å². The molecular weight excluding hydrogens is 303 g/mol. The van der Waals surface area contributed by atoms with Crippen LogP contribution in [0.3, 0.4) is 0 Å². The van der Waals surface area contributed by atoms with Crippen LogP contribution in [0.4, 0.5) is 4.39 Å². The maximum Gasteiger partial charge on any atom is 0.251 e. The Morgan fingerprint density at radius 3 is 2.79 bits per heavy atom. The van der Waals surface area contributed by atoms with Crippen molar-refractivity contribution in [3.05, 3.63) is 70.7 Å². The second kappa shape index (κ2) is 5.78. The van der Waals surface area contributed by atoms with Gasteiger partial charge in [0.2, 0.25) is 0 Å². The first-order valence-corrected chi connectivity index (χ1v) is 8.26. The fourth-order valence-corrected chi connectivity index (χ4v) is 3.54. The zero-order valence-electron chi connectivity index (χ0n) is 13.5. The molecule has 0 fully saturated rings. The first kappa shape index (κ1) is 14.9. The molecule has 2 N–H and O–H groups in total. The summed E-state index contributed by atoms with van der Waals surface area (Å²) in [5.74, 6) is -0.474. The molecule has 3 nitrogen and oxygen atoms in total. The summed E-state index contributed by atoms with van der Waals surface area (Å²) >= 11 is 0. The number of carbonyl (C=O) groups is 1. The molecule has 4 rings (SSSR count). The van der Waals surface area contributed by atoms with Crippen LogP contribution in [0.2, 0.25) is 0 Å². The number of benzene rings is 2. The van der Waals surface area contributed by atoms with Crippen molar-refractivity contribution in [1.82, 2.24) is 10.3 Å².